The van der Waals surface area contributed by atoms with E-state index in [1.807, 2.05) is 36.3 Å². The molecule has 0 amide bonds. The zero-order valence-corrected chi connectivity index (χ0v) is 15.3. The van der Waals surface area contributed by atoms with Crippen LogP contribution in [0.25, 0.3) is 31.8 Å². The van der Waals surface area contributed by atoms with Crippen LogP contribution < -0.4 is 5.32 Å². The van der Waals surface area contributed by atoms with E-state index in [1.165, 1.54) is 11.1 Å². The quantitative estimate of drug-likeness (QED) is 0.464. The number of anilines is 2. The molecule has 0 radical (unpaired) electrons. The number of rotatable bonds is 3. The van der Waals surface area contributed by atoms with Crippen LogP contribution in [0.3, 0.4) is 0 Å². The van der Waals surface area contributed by atoms with Gasteiger partial charge in [0.05, 0.1) is 20.8 Å². The Labute approximate surface area is 154 Å². The van der Waals surface area contributed by atoms with Crippen molar-refractivity contribution < 1.29 is 0 Å². The number of aromatic amines is 1. The fraction of sp³-hybridized carbons (Fsp3) is 0.100. The van der Waals surface area contributed by atoms with Crippen molar-refractivity contribution in [2.24, 2.45) is 7.05 Å². The Hall–Kier alpha value is -3.12. The third-order valence-electron chi connectivity index (χ3n) is 4.49. The van der Waals surface area contributed by atoms with E-state index >= 15 is 0 Å². The Morgan fingerprint density at radius 3 is 2.85 bits per heavy atom. The highest BCUT2D eigenvalue weighted by atomic mass is 32.1. The maximum Gasteiger partial charge on any atom is 0.149 e. The predicted molar refractivity (Wildman–Crippen MR) is 108 cm³/mol. The zero-order chi connectivity index (χ0) is 17.7. The summed E-state index contributed by atoms with van der Waals surface area (Å²) in [6.07, 6.45) is 5.62. The molecule has 0 aliphatic rings. The minimum absolute atomic E-state index is 0.961. The van der Waals surface area contributed by atoms with Crippen molar-refractivity contribution in [3.8, 4) is 10.7 Å². The Morgan fingerprint density at radius 2 is 2.00 bits per heavy atom. The minimum Gasteiger partial charge on any atom is -0.359 e. The normalized spacial score (nSPS) is 11.5. The third kappa shape index (κ3) is 2.46. The molecule has 4 aromatic heterocycles. The number of hydrogen-bond donors (Lipinski definition) is 2. The molecular formula is C20H17N5S. The molecule has 0 aliphatic heterocycles. The van der Waals surface area contributed by atoms with Gasteiger partial charge < -0.3 is 14.9 Å². The molecule has 6 heteroatoms. The number of aryl methyl sites for hydroxylation is 2. The molecular weight excluding hydrogens is 342 g/mol. The number of imidazole rings is 1. The molecule has 0 atom stereocenters. The summed E-state index contributed by atoms with van der Waals surface area (Å²) in [6.45, 7) is 2.07. The lowest BCUT2D eigenvalue weighted by molar-refractivity contribution is 0.928. The molecule has 0 fully saturated rings. The van der Waals surface area contributed by atoms with E-state index in [0.717, 1.165) is 37.8 Å². The zero-order valence-electron chi connectivity index (χ0n) is 14.4. The predicted octanol–water partition coefficient (Wildman–Crippen LogP) is 5.23. The average molecular weight is 359 g/mol. The highest BCUT2D eigenvalue weighted by Gasteiger charge is 2.12. The van der Waals surface area contributed by atoms with Gasteiger partial charge in [0.15, 0.2) is 0 Å². The Kier molecular flexibility index (Phi) is 3.33. The first-order valence-corrected chi connectivity index (χ1v) is 9.22. The largest absolute Gasteiger partial charge is 0.359 e. The van der Waals surface area contributed by atoms with Crippen LogP contribution >= 0.6 is 11.3 Å². The van der Waals surface area contributed by atoms with Gasteiger partial charge in [0.2, 0.25) is 0 Å². The number of benzene rings is 1. The Bertz CT molecular complexity index is 1240. The summed E-state index contributed by atoms with van der Waals surface area (Å²) in [5.41, 5.74) is 5.43. The minimum atomic E-state index is 0.961. The van der Waals surface area contributed by atoms with Crippen molar-refractivity contribution in [1.29, 1.82) is 0 Å². The Balaban J connectivity index is 1.57. The van der Waals surface area contributed by atoms with Gasteiger partial charge in [-0.15, -0.1) is 11.3 Å². The molecule has 26 heavy (non-hydrogen) atoms. The fourth-order valence-electron chi connectivity index (χ4n) is 3.26. The molecule has 0 spiro atoms. The number of fused-ring (bicyclic) bond motifs is 2. The number of pyridine rings is 1. The third-order valence-corrected chi connectivity index (χ3v) is 5.64. The van der Waals surface area contributed by atoms with Crippen LogP contribution in [-0.2, 0) is 7.05 Å². The standard InChI is InChI=1S/C20H17N5S/c1-12-9-13-10-14(3-4-15(13)23-12)24-16-5-6-21-17-11-18(26-19(16)17)20-22-7-8-25(20)2/h3-11,23H,1-2H3,(H,21,24). The SMILES string of the molecule is Cc1cc2cc(Nc3ccnc4cc(-c5nccn5C)sc34)ccc2[nH]1. The molecule has 0 saturated heterocycles. The first-order valence-electron chi connectivity index (χ1n) is 8.40. The van der Waals surface area contributed by atoms with Gasteiger partial charge in [-0.05, 0) is 43.3 Å². The number of H-pyrrole nitrogens is 1. The second-order valence-electron chi connectivity index (χ2n) is 6.42. The summed E-state index contributed by atoms with van der Waals surface area (Å²) < 4.78 is 3.16. The topological polar surface area (TPSA) is 58.5 Å². The molecule has 0 unspecified atom stereocenters. The molecule has 5 aromatic rings. The van der Waals surface area contributed by atoms with Gasteiger partial charge in [-0.2, -0.15) is 0 Å². The molecule has 0 saturated carbocycles. The van der Waals surface area contributed by atoms with Crippen LogP contribution in [0.15, 0.2) is 55.0 Å². The first kappa shape index (κ1) is 15.2. The molecule has 5 rings (SSSR count). The van der Waals surface area contributed by atoms with E-state index in [-0.39, 0.29) is 0 Å². The maximum atomic E-state index is 4.53. The number of nitrogens with one attached hydrogen (secondary N) is 2. The molecule has 128 valence electrons. The van der Waals surface area contributed by atoms with Gasteiger partial charge in [-0.1, -0.05) is 0 Å². The van der Waals surface area contributed by atoms with Gasteiger partial charge >= 0.3 is 0 Å². The second-order valence-corrected chi connectivity index (χ2v) is 7.48. The van der Waals surface area contributed by atoms with Crippen LogP contribution in [0.5, 0.6) is 0 Å². The van der Waals surface area contributed by atoms with E-state index in [2.05, 4.69) is 57.5 Å². The van der Waals surface area contributed by atoms with E-state index < -0.39 is 0 Å². The van der Waals surface area contributed by atoms with Crippen LogP contribution in [0, 0.1) is 6.92 Å². The van der Waals surface area contributed by atoms with Gasteiger partial charge in [-0.25, -0.2) is 4.98 Å². The summed E-state index contributed by atoms with van der Waals surface area (Å²) in [5.74, 6) is 0.961. The monoisotopic (exact) mass is 359 g/mol. The highest BCUT2D eigenvalue weighted by Crippen LogP contribution is 2.37. The first-order chi connectivity index (χ1) is 12.7. The highest BCUT2D eigenvalue weighted by molar-refractivity contribution is 7.22. The van der Waals surface area contributed by atoms with Crippen molar-refractivity contribution in [2.45, 2.75) is 6.92 Å². The lowest BCUT2D eigenvalue weighted by Gasteiger charge is -2.07. The lowest BCUT2D eigenvalue weighted by atomic mass is 10.2. The van der Waals surface area contributed by atoms with Crippen LogP contribution in [0.4, 0.5) is 11.4 Å². The number of nitrogens with zero attached hydrogens (tertiary/aromatic N) is 3. The molecule has 0 bridgehead atoms. The maximum absolute atomic E-state index is 4.53. The molecule has 0 aliphatic carbocycles. The Morgan fingerprint density at radius 1 is 1.08 bits per heavy atom. The van der Waals surface area contributed by atoms with Crippen LogP contribution in [-0.4, -0.2) is 19.5 Å². The van der Waals surface area contributed by atoms with Crippen molar-refractivity contribution in [3.63, 3.8) is 0 Å². The van der Waals surface area contributed by atoms with Gasteiger partial charge in [-0.3, -0.25) is 4.98 Å². The summed E-state index contributed by atoms with van der Waals surface area (Å²) in [6, 6.07) is 12.7. The fourth-order valence-corrected chi connectivity index (χ4v) is 4.38. The second kappa shape index (κ2) is 5.71. The van der Waals surface area contributed by atoms with Gasteiger partial charge in [0.25, 0.3) is 0 Å². The summed E-state index contributed by atoms with van der Waals surface area (Å²) >= 11 is 1.71. The van der Waals surface area contributed by atoms with E-state index in [0.29, 0.717) is 0 Å². The number of hydrogen-bond acceptors (Lipinski definition) is 4. The lowest BCUT2D eigenvalue weighted by Crippen LogP contribution is -1.90. The molecule has 1 aromatic carbocycles. The number of thiophene rings is 1. The molecule has 2 N–H and O–H groups in total. The van der Waals surface area contributed by atoms with Crippen molar-refractivity contribution in [3.05, 3.63) is 60.7 Å². The molecule has 4 heterocycles. The number of aromatic nitrogens is 4. The summed E-state index contributed by atoms with van der Waals surface area (Å²) in [7, 11) is 2.01. The van der Waals surface area contributed by atoms with Gasteiger partial charge in [0, 0.05) is 47.9 Å². The van der Waals surface area contributed by atoms with Gasteiger partial charge in [0.1, 0.15) is 5.82 Å². The van der Waals surface area contributed by atoms with Crippen LogP contribution in [0.1, 0.15) is 5.69 Å². The van der Waals surface area contributed by atoms with Crippen molar-refractivity contribution in [1.82, 2.24) is 19.5 Å². The van der Waals surface area contributed by atoms with Crippen LogP contribution in [0.2, 0.25) is 0 Å². The smallest absolute Gasteiger partial charge is 0.149 e. The average Bonchev–Trinajstić information content (AvgIpc) is 3.31. The summed E-state index contributed by atoms with van der Waals surface area (Å²) in [5, 5.41) is 4.76. The summed E-state index contributed by atoms with van der Waals surface area (Å²) in [4.78, 5) is 13.5. The van der Waals surface area contributed by atoms with E-state index in [9.17, 15) is 0 Å². The molecule has 5 nitrogen and oxygen atoms in total. The van der Waals surface area contributed by atoms with E-state index in [4.69, 9.17) is 0 Å². The van der Waals surface area contributed by atoms with E-state index in [1.54, 1.807) is 11.3 Å². The van der Waals surface area contributed by atoms with Crippen molar-refractivity contribution >= 4 is 43.8 Å². The van der Waals surface area contributed by atoms with Crippen molar-refractivity contribution in [2.75, 3.05) is 5.32 Å².